The van der Waals surface area contributed by atoms with Gasteiger partial charge in [0.15, 0.2) is 0 Å². The van der Waals surface area contributed by atoms with E-state index in [2.05, 4.69) is 86.3 Å². The van der Waals surface area contributed by atoms with Crippen LogP contribution in [0.25, 0.3) is 6.08 Å². The highest BCUT2D eigenvalue weighted by molar-refractivity contribution is 5.50. The highest BCUT2D eigenvalue weighted by Crippen LogP contribution is 2.27. The molecule has 0 spiro atoms. The van der Waals surface area contributed by atoms with Crippen molar-refractivity contribution in [1.82, 2.24) is 0 Å². The molecule has 0 amide bonds. The summed E-state index contributed by atoms with van der Waals surface area (Å²) < 4.78 is 0. The Morgan fingerprint density at radius 2 is 1.55 bits per heavy atom. The Bertz CT molecular complexity index is 551. The highest BCUT2D eigenvalue weighted by Gasteiger charge is 2.15. The van der Waals surface area contributed by atoms with E-state index in [4.69, 9.17) is 0 Å². The van der Waals surface area contributed by atoms with Crippen LogP contribution >= 0.6 is 0 Å². The van der Waals surface area contributed by atoms with E-state index in [-0.39, 0.29) is 5.41 Å². The molecule has 0 heterocycles. The van der Waals surface area contributed by atoms with E-state index in [1.807, 2.05) is 6.07 Å². The van der Waals surface area contributed by atoms with Gasteiger partial charge in [0.1, 0.15) is 0 Å². The Kier molecular flexibility index (Phi) is 4.95. The van der Waals surface area contributed by atoms with Crippen molar-refractivity contribution >= 4 is 6.08 Å². The highest BCUT2D eigenvalue weighted by atomic mass is 14.2. The van der Waals surface area contributed by atoms with Crippen molar-refractivity contribution in [3.8, 4) is 0 Å². The second-order valence-corrected chi connectivity index (χ2v) is 5.44. The van der Waals surface area contributed by atoms with Crippen LogP contribution in [0.15, 0.2) is 79.4 Å². The predicted octanol–water partition coefficient (Wildman–Crippen LogP) is 5.52. The van der Waals surface area contributed by atoms with Gasteiger partial charge < -0.3 is 0 Å². The van der Waals surface area contributed by atoms with Gasteiger partial charge in [-0.1, -0.05) is 85.8 Å². The normalized spacial score (nSPS) is 14.1. The molecule has 0 aliphatic carbocycles. The van der Waals surface area contributed by atoms with E-state index in [0.717, 1.165) is 12.8 Å². The van der Waals surface area contributed by atoms with E-state index in [1.54, 1.807) is 0 Å². The maximum Gasteiger partial charge on any atom is 0.00365 e. The molecule has 0 aromatic heterocycles. The van der Waals surface area contributed by atoms with Crippen LogP contribution in [0.5, 0.6) is 0 Å². The summed E-state index contributed by atoms with van der Waals surface area (Å²) in [5, 5.41) is 0. The second-order valence-electron chi connectivity index (χ2n) is 5.44. The predicted molar refractivity (Wildman–Crippen MR) is 88.5 cm³/mol. The van der Waals surface area contributed by atoms with Gasteiger partial charge in [-0.3, -0.25) is 0 Å². The number of rotatable bonds is 6. The van der Waals surface area contributed by atoms with Gasteiger partial charge in [0.05, 0.1) is 0 Å². The first-order chi connectivity index (χ1) is 9.72. The van der Waals surface area contributed by atoms with Crippen molar-refractivity contribution in [3.63, 3.8) is 0 Å². The van der Waals surface area contributed by atoms with Crippen LogP contribution in [0, 0.1) is 5.41 Å². The van der Waals surface area contributed by atoms with E-state index in [0.29, 0.717) is 0 Å². The molecular formula is C20H22. The lowest BCUT2D eigenvalue weighted by molar-refractivity contribution is 0.503. The first-order valence-corrected chi connectivity index (χ1v) is 7.14. The molecule has 0 nitrogen and oxygen atoms in total. The zero-order valence-corrected chi connectivity index (χ0v) is 12.1. The molecule has 2 aromatic rings. The quantitative estimate of drug-likeness (QED) is 0.601. The lowest BCUT2D eigenvalue weighted by Gasteiger charge is -2.21. The molecule has 1 unspecified atom stereocenters. The molecule has 2 aromatic carbocycles. The Labute approximate surface area is 122 Å². The molecule has 0 heteroatoms. The lowest BCUT2D eigenvalue weighted by Crippen LogP contribution is -2.10. The summed E-state index contributed by atoms with van der Waals surface area (Å²) in [7, 11) is 0. The van der Waals surface area contributed by atoms with Gasteiger partial charge in [-0.15, -0.1) is 6.58 Å². The van der Waals surface area contributed by atoms with Crippen LogP contribution in [0.4, 0.5) is 0 Å². The van der Waals surface area contributed by atoms with Gasteiger partial charge in [-0.25, -0.2) is 0 Å². The summed E-state index contributed by atoms with van der Waals surface area (Å²) in [5.41, 5.74) is 2.65. The number of hydrogen-bond acceptors (Lipinski definition) is 0. The van der Waals surface area contributed by atoms with Crippen molar-refractivity contribution in [1.29, 1.82) is 0 Å². The average Bonchev–Trinajstić information content (AvgIpc) is 2.53. The van der Waals surface area contributed by atoms with Crippen LogP contribution in [0.1, 0.15) is 24.5 Å². The van der Waals surface area contributed by atoms with Crippen LogP contribution in [0.2, 0.25) is 0 Å². The molecule has 0 aliphatic rings. The Morgan fingerprint density at radius 1 is 0.950 bits per heavy atom. The molecule has 0 N–H and O–H groups in total. The molecule has 0 radical (unpaired) electrons. The molecule has 0 fully saturated rings. The third-order valence-corrected chi connectivity index (χ3v) is 3.72. The summed E-state index contributed by atoms with van der Waals surface area (Å²) in [6.07, 6.45) is 8.65. The Balaban J connectivity index is 2.02. The number of benzene rings is 2. The van der Waals surface area contributed by atoms with E-state index in [9.17, 15) is 0 Å². The van der Waals surface area contributed by atoms with E-state index >= 15 is 0 Å². The fraction of sp³-hybridized carbons (Fsp3) is 0.200. The minimum atomic E-state index is 0.0334. The number of allylic oxidation sites excluding steroid dienone is 2. The molecule has 2 rings (SSSR count). The van der Waals surface area contributed by atoms with Gasteiger partial charge in [-0.2, -0.15) is 0 Å². The van der Waals surface area contributed by atoms with Crippen LogP contribution in [0.3, 0.4) is 0 Å². The van der Waals surface area contributed by atoms with Crippen LogP contribution < -0.4 is 0 Å². The Hall–Kier alpha value is -2.08. The molecule has 1 atom stereocenters. The standard InChI is InChI=1S/C20H22/c1-3-20(2,16-14-18-10-6-4-7-11-18)17-15-19-12-8-5-9-13-19/h3-14,16H,1,15,17H2,2H3/b16-14+. The lowest BCUT2D eigenvalue weighted by atomic mass is 9.83. The van der Waals surface area contributed by atoms with Gasteiger partial charge in [0.25, 0.3) is 0 Å². The first-order valence-electron chi connectivity index (χ1n) is 7.14. The summed E-state index contributed by atoms with van der Waals surface area (Å²) in [5.74, 6) is 0. The zero-order valence-electron chi connectivity index (χ0n) is 12.1. The second kappa shape index (κ2) is 6.91. The van der Waals surface area contributed by atoms with Gasteiger partial charge in [0, 0.05) is 5.41 Å². The molecule has 0 bridgehead atoms. The molecule has 102 valence electrons. The van der Waals surface area contributed by atoms with E-state index in [1.165, 1.54) is 11.1 Å². The van der Waals surface area contributed by atoms with Crippen LogP contribution in [-0.2, 0) is 6.42 Å². The smallest absolute Gasteiger partial charge is 0.00365 e. The minimum Gasteiger partial charge on any atom is -0.102 e. The molecule has 0 aliphatic heterocycles. The number of aryl methyl sites for hydroxylation is 1. The van der Waals surface area contributed by atoms with Gasteiger partial charge in [-0.05, 0) is 24.0 Å². The number of hydrogen-bond donors (Lipinski definition) is 0. The van der Waals surface area contributed by atoms with Crippen molar-refractivity contribution in [2.24, 2.45) is 5.41 Å². The van der Waals surface area contributed by atoms with Gasteiger partial charge in [0.2, 0.25) is 0 Å². The fourth-order valence-corrected chi connectivity index (χ4v) is 2.16. The minimum absolute atomic E-state index is 0.0334. The SMILES string of the molecule is C=CC(C)(/C=C/c1ccccc1)CCc1ccccc1. The van der Waals surface area contributed by atoms with Crippen molar-refractivity contribution in [2.75, 3.05) is 0 Å². The largest absolute Gasteiger partial charge is 0.102 e. The summed E-state index contributed by atoms with van der Waals surface area (Å²) in [6, 6.07) is 21.0. The fourth-order valence-electron chi connectivity index (χ4n) is 2.16. The van der Waals surface area contributed by atoms with Crippen molar-refractivity contribution < 1.29 is 0 Å². The summed E-state index contributed by atoms with van der Waals surface area (Å²) in [4.78, 5) is 0. The van der Waals surface area contributed by atoms with Crippen LogP contribution in [-0.4, -0.2) is 0 Å². The average molecular weight is 262 g/mol. The first kappa shape index (κ1) is 14.3. The topological polar surface area (TPSA) is 0 Å². The van der Waals surface area contributed by atoms with E-state index < -0.39 is 0 Å². The third-order valence-electron chi connectivity index (χ3n) is 3.72. The zero-order chi connectivity index (χ0) is 14.3. The summed E-state index contributed by atoms with van der Waals surface area (Å²) >= 11 is 0. The Morgan fingerprint density at radius 3 is 2.15 bits per heavy atom. The maximum absolute atomic E-state index is 4.01. The molecular weight excluding hydrogens is 240 g/mol. The molecule has 0 saturated carbocycles. The monoisotopic (exact) mass is 262 g/mol. The van der Waals surface area contributed by atoms with Crippen molar-refractivity contribution in [2.45, 2.75) is 19.8 Å². The maximum atomic E-state index is 4.01. The molecule has 20 heavy (non-hydrogen) atoms. The summed E-state index contributed by atoms with van der Waals surface area (Å²) in [6.45, 7) is 6.24. The molecule has 0 saturated heterocycles. The van der Waals surface area contributed by atoms with Crippen molar-refractivity contribution in [3.05, 3.63) is 90.5 Å². The third kappa shape index (κ3) is 4.24. The van der Waals surface area contributed by atoms with Gasteiger partial charge >= 0.3 is 0 Å².